The van der Waals surface area contributed by atoms with Gasteiger partial charge in [-0.1, -0.05) is 0 Å². The van der Waals surface area contributed by atoms with Crippen molar-refractivity contribution in [2.45, 2.75) is 17.1 Å². The van der Waals surface area contributed by atoms with E-state index < -0.39 is 0 Å². The number of nitrogen functional groups attached to an aromatic ring is 1. The quantitative estimate of drug-likeness (QED) is 0.741. The summed E-state index contributed by atoms with van der Waals surface area (Å²) >= 11 is 1.33. The molecule has 0 aromatic carbocycles. The molecule has 2 rings (SSSR count). The second kappa shape index (κ2) is 4.95. The van der Waals surface area contributed by atoms with Crippen LogP contribution in [0.5, 0.6) is 0 Å². The molecule has 2 heterocycles. The van der Waals surface area contributed by atoms with Crippen molar-refractivity contribution in [2.75, 3.05) is 17.6 Å². The van der Waals surface area contributed by atoms with Crippen molar-refractivity contribution in [1.82, 2.24) is 30.2 Å². The molecule has 0 aliphatic carbocycles. The van der Waals surface area contributed by atoms with Crippen LogP contribution in [0.15, 0.2) is 16.2 Å². The van der Waals surface area contributed by atoms with Gasteiger partial charge in [-0.15, -0.1) is 5.10 Å². The normalized spacial score (nSPS) is 10.5. The highest BCUT2D eigenvalue weighted by atomic mass is 32.2. The van der Waals surface area contributed by atoms with E-state index in [4.69, 9.17) is 5.73 Å². The molecular weight excluding hydrogens is 240 g/mol. The largest absolute Gasteiger partial charge is 0.370 e. The fourth-order valence-corrected chi connectivity index (χ4v) is 1.91. The Labute approximate surface area is 102 Å². The van der Waals surface area contributed by atoms with Crippen molar-refractivity contribution in [1.29, 1.82) is 0 Å². The minimum absolute atomic E-state index is 0.223. The van der Waals surface area contributed by atoms with Crippen LogP contribution in [-0.2, 0) is 7.05 Å². The lowest BCUT2D eigenvalue weighted by Gasteiger charge is -2.05. The van der Waals surface area contributed by atoms with Gasteiger partial charge < -0.3 is 11.1 Å². The van der Waals surface area contributed by atoms with Crippen molar-refractivity contribution >= 4 is 23.5 Å². The highest BCUT2D eigenvalue weighted by Gasteiger charge is 2.08. The summed E-state index contributed by atoms with van der Waals surface area (Å²) in [6.07, 6.45) is 0. The Balaban J connectivity index is 2.23. The van der Waals surface area contributed by atoms with Gasteiger partial charge in [0, 0.05) is 19.7 Å². The van der Waals surface area contributed by atoms with Gasteiger partial charge in [-0.2, -0.15) is 4.98 Å². The molecule has 0 saturated carbocycles. The SMILES string of the molecule is CCNc1cc(Sc2nnnn2C)nc(N)n1. The molecule has 0 radical (unpaired) electrons. The zero-order chi connectivity index (χ0) is 12.3. The third-order valence-electron chi connectivity index (χ3n) is 1.85. The minimum Gasteiger partial charge on any atom is -0.370 e. The van der Waals surface area contributed by atoms with E-state index in [9.17, 15) is 0 Å². The van der Waals surface area contributed by atoms with Crippen LogP contribution in [0.25, 0.3) is 0 Å². The number of aryl methyl sites for hydroxylation is 1. The average Bonchev–Trinajstić information content (AvgIpc) is 2.64. The number of nitrogens with two attached hydrogens (primary N) is 1. The zero-order valence-electron chi connectivity index (χ0n) is 9.45. The fraction of sp³-hybridized carbons (Fsp3) is 0.375. The van der Waals surface area contributed by atoms with E-state index in [2.05, 4.69) is 30.8 Å². The first-order valence-electron chi connectivity index (χ1n) is 4.97. The number of anilines is 2. The highest BCUT2D eigenvalue weighted by molar-refractivity contribution is 7.99. The maximum Gasteiger partial charge on any atom is 0.223 e. The predicted molar refractivity (Wildman–Crippen MR) is 63.5 cm³/mol. The van der Waals surface area contributed by atoms with Crippen LogP contribution < -0.4 is 11.1 Å². The van der Waals surface area contributed by atoms with E-state index in [1.54, 1.807) is 17.8 Å². The summed E-state index contributed by atoms with van der Waals surface area (Å²) in [6.45, 7) is 2.75. The summed E-state index contributed by atoms with van der Waals surface area (Å²) in [6, 6.07) is 1.80. The van der Waals surface area contributed by atoms with Crippen LogP contribution in [0.3, 0.4) is 0 Å². The van der Waals surface area contributed by atoms with Crippen LogP contribution in [0.1, 0.15) is 6.92 Å². The van der Waals surface area contributed by atoms with E-state index in [0.717, 1.165) is 6.54 Å². The van der Waals surface area contributed by atoms with Gasteiger partial charge in [-0.25, -0.2) is 9.67 Å². The van der Waals surface area contributed by atoms with Crippen LogP contribution in [0.2, 0.25) is 0 Å². The lowest BCUT2D eigenvalue weighted by atomic mass is 10.5. The Morgan fingerprint density at radius 3 is 2.94 bits per heavy atom. The number of nitrogens with one attached hydrogen (secondary N) is 1. The summed E-state index contributed by atoms with van der Waals surface area (Å²) in [7, 11) is 1.76. The number of nitrogens with zero attached hydrogens (tertiary/aromatic N) is 6. The Morgan fingerprint density at radius 2 is 2.29 bits per heavy atom. The molecule has 0 aliphatic heterocycles. The average molecular weight is 252 g/mol. The number of hydrogen-bond donors (Lipinski definition) is 2. The predicted octanol–water partition coefficient (Wildman–Crippen LogP) is 0.165. The second-order valence-electron chi connectivity index (χ2n) is 3.17. The molecule has 0 saturated heterocycles. The molecule has 90 valence electrons. The van der Waals surface area contributed by atoms with Crippen LogP contribution in [0, 0.1) is 0 Å². The topological polar surface area (TPSA) is 107 Å². The van der Waals surface area contributed by atoms with Gasteiger partial charge >= 0.3 is 0 Å². The molecule has 0 atom stereocenters. The molecule has 0 aliphatic rings. The maximum atomic E-state index is 5.62. The molecule has 2 aromatic heterocycles. The number of hydrogen-bond acceptors (Lipinski definition) is 8. The summed E-state index contributed by atoms with van der Waals surface area (Å²) in [5.41, 5.74) is 5.62. The smallest absolute Gasteiger partial charge is 0.223 e. The zero-order valence-corrected chi connectivity index (χ0v) is 10.3. The number of aromatic nitrogens is 6. The van der Waals surface area contributed by atoms with Crippen molar-refractivity contribution in [2.24, 2.45) is 7.05 Å². The first-order chi connectivity index (χ1) is 8.19. The van der Waals surface area contributed by atoms with Gasteiger partial charge in [0.2, 0.25) is 11.1 Å². The second-order valence-corrected chi connectivity index (χ2v) is 4.15. The summed E-state index contributed by atoms with van der Waals surface area (Å²) in [5, 5.41) is 15.6. The fourth-order valence-electron chi connectivity index (χ4n) is 1.17. The van der Waals surface area contributed by atoms with Gasteiger partial charge in [-0.3, -0.25) is 0 Å². The van der Waals surface area contributed by atoms with E-state index in [0.29, 0.717) is 16.0 Å². The summed E-state index contributed by atoms with van der Waals surface area (Å²) < 4.78 is 1.57. The summed E-state index contributed by atoms with van der Waals surface area (Å²) in [5.74, 6) is 0.915. The van der Waals surface area contributed by atoms with E-state index in [1.807, 2.05) is 6.92 Å². The van der Waals surface area contributed by atoms with Crippen LogP contribution in [0.4, 0.5) is 11.8 Å². The van der Waals surface area contributed by atoms with E-state index in [1.165, 1.54) is 11.8 Å². The standard InChI is InChI=1S/C8H12N8S/c1-3-10-5-4-6(12-7(9)11-5)17-8-13-14-15-16(8)2/h4H,3H2,1-2H3,(H3,9,10,11,12). The molecule has 0 amide bonds. The van der Waals surface area contributed by atoms with Crippen molar-refractivity contribution < 1.29 is 0 Å². The molecule has 0 spiro atoms. The van der Waals surface area contributed by atoms with Crippen molar-refractivity contribution in [3.63, 3.8) is 0 Å². The lowest BCUT2D eigenvalue weighted by Crippen LogP contribution is -2.04. The van der Waals surface area contributed by atoms with Crippen LogP contribution in [-0.4, -0.2) is 36.7 Å². The molecule has 17 heavy (non-hydrogen) atoms. The third kappa shape index (κ3) is 2.81. The monoisotopic (exact) mass is 252 g/mol. The molecule has 0 bridgehead atoms. The molecule has 3 N–H and O–H groups in total. The molecule has 2 aromatic rings. The van der Waals surface area contributed by atoms with Gasteiger partial charge in [0.1, 0.15) is 10.8 Å². The summed E-state index contributed by atoms with van der Waals surface area (Å²) in [4.78, 5) is 8.17. The Bertz CT molecular complexity index is 510. The van der Waals surface area contributed by atoms with E-state index >= 15 is 0 Å². The number of tetrazole rings is 1. The van der Waals surface area contributed by atoms with Gasteiger partial charge in [0.15, 0.2) is 0 Å². The van der Waals surface area contributed by atoms with Crippen molar-refractivity contribution in [3.05, 3.63) is 6.07 Å². The minimum atomic E-state index is 0.223. The Hall–Kier alpha value is -1.90. The highest BCUT2D eigenvalue weighted by Crippen LogP contribution is 2.25. The molecule has 0 fully saturated rings. The van der Waals surface area contributed by atoms with Gasteiger partial charge in [-0.05, 0) is 29.1 Å². The molecule has 0 unspecified atom stereocenters. The first-order valence-corrected chi connectivity index (χ1v) is 5.79. The van der Waals surface area contributed by atoms with Gasteiger partial charge in [0.05, 0.1) is 0 Å². The molecule has 8 nitrogen and oxygen atoms in total. The molecular formula is C8H12N8S. The van der Waals surface area contributed by atoms with E-state index in [-0.39, 0.29) is 5.95 Å². The third-order valence-corrected chi connectivity index (χ3v) is 2.80. The molecule has 9 heteroatoms. The lowest BCUT2D eigenvalue weighted by molar-refractivity contribution is 0.664. The van der Waals surface area contributed by atoms with Crippen molar-refractivity contribution in [3.8, 4) is 0 Å². The maximum absolute atomic E-state index is 5.62. The first kappa shape index (κ1) is 11.6. The van der Waals surface area contributed by atoms with Gasteiger partial charge in [0.25, 0.3) is 0 Å². The Kier molecular flexibility index (Phi) is 3.38. The number of rotatable bonds is 4. The Morgan fingerprint density at radius 1 is 1.47 bits per heavy atom. The van der Waals surface area contributed by atoms with Crippen LogP contribution >= 0.6 is 11.8 Å².